The number of aromatic nitrogens is 1. The molecule has 0 aliphatic carbocycles. The summed E-state index contributed by atoms with van der Waals surface area (Å²) in [6.07, 6.45) is 1.30. The highest BCUT2D eigenvalue weighted by molar-refractivity contribution is 7.89. The predicted octanol–water partition coefficient (Wildman–Crippen LogP) is 0.534. The lowest BCUT2D eigenvalue weighted by molar-refractivity contribution is -0.134. The fraction of sp³-hybridized carbons (Fsp3) is 0.600. The van der Waals surface area contributed by atoms with Gasteiger partial charge < -0.3 is 9.63 Å². The Balaban J connectivity index is 2.25. The fourth-order valence-electron chi connectivity index (χ4n) is 2.14. The first kappa shape index (κ1) is 13.0. The maximum absolute atomic E-state index is 11.9. The first-order valence-electron chi connectivity index (χ1n) is 5.54. The Bertz CT molecular complexity index is 550. The van der Waals surface area contributed by atoms with Gasteiger partial charge in [-0.3, -0.25) is 4.79 Å². The molecule has 1 aliphatic heterocycles. The van der Waals surface area contributed by atoms with Crippen LogP contribution in [-0.4, -0.2) is 41.3 Å². The lowest BCUT2D eigenvalue weighted by Crippen LogP contribution is -2.34. The van der Waals surface area contributed by atoms with Gasteiger partial charge in [-0.25, -0.2) is 8.42 Å². The molecule has 1 atom stereocenters. The molecule has 0 radical (unpaired) electrons. The summed E-state index contributed by atoms with van der Waals surface area (Å²) in [6.45, 7) is 2.07. The van der Waals surface area contributed by atoms with Crippen LogP contribution in [0.4, 0.5) is 0 Å². The Kier molecular flexibility index (Phi) is 3.40. The molecular formula is C10H14N2O5S. The van der Waals surface area contributed by atoms with Crippen LogP contribution < -0.4 is 0 Å². The molecule has 2 heterocycles. The van der Waals surface area contributed by atoms with Gasteiger partial charge in [0.1, 0.15) is 0 Å². The molecule has 100 valence electrons. The number of aryl methyl sites for hydroxylation is 1. The van der Waals surface area contributed by atoms with Gasteiger partial charge in [0.25, 0.3) is 0 Å². The zero-order chi connectivity index (χ0) is 13.3. The van der Waals surface area contributed by atoms with Crippen LogP contribution in [0, 0.1) is 6.92 Å². The van der Waals surface area contributed by atoms with E-state index in [9.17, 15) is 13.2 Å². The molecule has 18 heavy (non-hydrogen) atoms. The van der Waals surface area contributed by atoms with Crippen LogP contribution in [0.3, 0.4) is 0 Å². The van der Waals surface area contributed by atoms with Gasteiger partial charge in [-0.1, -0.05) is 5.16 Å². The molecule has 7 nitrogen and oxygen atoms in total. The van der Waals surface area contributed by atoms with Gasteiger partial charge >= 0.3 is 5.97 Å². The molecule has 0 saturated carbocycles. The molecular weight excluding hydrogens is 260 g/mol. The fourth-order valence-corrected chi connectivity index (χ4v) is 3.62. The van der Waals surface area contributed by atoms with E-state index in [1.807, 2.05) is 0 Å². The second-order valence-corrected chi connectivity index (χ2v) is 6.21. The molecule has 1 aromatic rings. The van der Waals surface area contributed by atoms with Crippen LogP contribution in [0.5, 0.6) is 0 Å². The Morgan fingerprint density at radius 1 is 1.67 bits per heavy atom. The van der Waals surface area contributed by atoms with E-state index in [2.05, 4.69) is 5.16 Å². The van der Waals surface area contributed by atoms with Crippen molar-refractivity contribution in [1.82, 2.24) is 9.46 Å². The number of sulfonamides is 1. The van der Waals surface area contributed by atoms with Crippen molar-refractivity contribution in [3.8, 4) is 0 Å². The highest BCUT2D eigenvalue weighted by Gasteiger charge is 2.38. The molecule has 0 spiro atoms. The van der Waals surface area contributed by atoms with Crippen molar-refractivity contribution in [2.24, 2.45) is 0 Å². The van der Waals surface area contributed by atoms with Crippen molar-refractivity contribution >= 4 is 16.0 Å². The van der Waals surface area contributed by atoms with E-state index in [4.69, 9.17) is 9.63 Å². The summed E-state index contributed by atoms with van der Waals surface area (Å²) < 4.78 is 30.1. The second-order valence-electron chi connectivity index (χ2n) is 4.29. The predicted molar refractivity (Wildman–Crippen MR) is 61.3 cm³/mol. The summed E-state index contributed by atoms with van der Waals surface area (Å²) in [5, 5.41) is 12.4. The normalized spacial score (nSPS) is 21.3. The van der Waals surface area contributed by atoms with Crippen molar-refractivity contribution < 1.29 is 22.8 Å². The molecule has 1 N–H and O–H groups in total. The van der Waals surface area contributed by atoms with Crippen LogP contribution >= 0.6 is 0 Å². The van der Waals surface area contributed by atoms with Gasteiger partial charge in [0.15, 0.2) is 11.5 Å². The summed E-state index contributed by atoms with van der Waals surface area (Å²) in [6, 6.07) is 1.25. The zero-order valence-electron chi connectivity index (χ0n) is 9.87. The van der Waals surface area contributed by atoms with Crippen LogP contribution in [0.25, 0.3) is 0 Å². The number of hydrogen-bond donors (Lipinski definition) is 1. The Labute approximate surface area is 104 Å². The maximum Gasteiger partial charge on any atom is 0.320 e. The molecule has 8 heteroatoms. The third-order valence-corrected chi connectivity index (χ3v) is 4.60. The van der Waals surface area contributed by atoms with Crippen molar-refractivity contribution in [3.63, 3.8) is 0 Å². The highest BCUT2D eigenvalue weighted by Crippen LogP contribution is 2.34. The minimum Gasteiger partial charge on any atom is -0.480 e. The second kappa shape index (κ2) is 4.69. The summed E-state index contributed by atoms with van der Waals surface area (Å²) in [5.74, 6) is -1.77. The lowest BCUT2D eigenvalue weighted by atomic mass is 10.2. The molecule has 1 aliphatic rings. The average molecular weight is 274 g/mol. The topological polar surface area (TPSA) is 101 Å². The minimum atomic E-state index is -3.80. The quantitative estimate of drug-likeness (QED) is 0.859. The van der Waals surface area contributed by atoms with Crippen molar-refractivity contribution in [2.75, 3.05) is 12.3 Å². The SMILES string of the molecule is Cc1cc(C2CCCN2S(=O)(=O)CC(=O)O)on1. The van der Waals surface area contributed by atoms with E-state index >= 15 is 0 Å². The first-order chi connectivity index (χ1) is 8.40. The Morgan fingerprint density at radius 2 is 2.39 bits per heavy atom. The number of carbonyl (C=O) groups is 1. The van der Waals surface area contributed by atoms with Gasteiger partial charge in [-0.05, 0) is 19.8 Å². The third-order valence-electron chi connectivity index (χ3n) is 2.84. The van der Waals surface area contributed by atoms with Crippen LogP contribution in [-0.2, 0) is 14.8 Å². The van der Waals surface area contributed by atoms with Crippen molar-refractivity contribution in [3.05, 3.63) is 17.5 Å². The van der Waals surface area contributed by atoms with E-state index in [1.54, 1.807) is 13.0 Å². The Hall–Kier alpha value is -1.41. The summed E-state index contributed by atoms with van der Waals surface area (Å²) >= 11 is 0. The van der Waals surface area contributed by atoms with E-state index in [1.165, 1.54) is 4.31 Å². The van der Waals surface area contributed by atoms with Gasteiger partial charge in [0, 0.05) is 12.6 Å². The molecule has 1 fully saturated rings. The molecule has 0 amide bonds. The number of hydrogen-bond acceptors (Lipinski definition) is 5. The number of carboxylic acids is 1. The zero-order valence-corrected chi connectivity index (χ0v) is 10.7. The smallest absolute Gasteiger partial charge is 0.320 e. The highest BCUT2D eigenvalue weighted by atomic mass is 32.2. The van der Waals surface area contributed by atoms with Crippen molar-refractivity contribution in [1.29, 1.82) is 0 Å². The summed E-state index contributed by atoms with van der Waals surface area (Å²) in [7, 11) is -3.80. The molecule has 1 unspecified atom stereocenters. The molecule has 2 rings (SSSR count). The molecule has 0 bridgehead atoms. The monoisotopic (exact) mass is 274 g/mol. The van der Waals surface area contributed by atoms with Crippen molar-refractivity contribution in [2.45, 2.75) is 25.8 Å². The maximum atomic E-state index is 11.9. The number of rotatable bonds is 4. The summed E-state index contributed by atoms with van der Waals surface area (Å²) in [5.41, 5.74) is 0.674. The number of aliphatic carboxylic acids is 1. The minimum absolute atomic E-state index is 0.319. The van der Waals surface area contributed by atoms with Gasteiger partial charge in [0.2, 0.25) is 10.0 Å². The van der Waals surface area contributed by atoms with E-state index in [0.29, 0.717) is 30.8 Å². The Morgan fingerprint density at radius 3 is 2.94 bits per heavy atom. The standard InChI is InChI=1S/C10H14N2O5S/c1-7-5-9(17-11-7)8-3-2-4-12(8)18(15,16)6-10(13)14/h5,8H,2-4,6H2,1H3,(H,13,14). The van der Waals surface area contributed by atoms with Crippen LogP contribution in [0.2, 0.25) is 0 Å². The molecule has 0 aromatic carbocycles. The average Bonchev–Trinajstić information content (AvgIpc) is 2.82. The van der Waals surface area contributed by atoms with E-state index in [-0.39, 0.29) is 0 Å². The van der Waals surface area contributed by atoms with Gasteiger partial charge in [0.05, 0.1) is 11.7 Å². The van der Waals surface area contributed by atoms with E-state index in [0.717, 1.165) is 0 Å². The third kappa shape index (κ3) is 2.54. The lowest BCUT2D eigenvalue weighted by Gasteiger charge is -2.20. The van der Waals surface area contributed by atoms with E-state index < -0.39 is 27.8 Å². The molecule has 1 saturated heterocycles. The largest absolute Gasteiger partial charge is 0.480 e. The summed E-state index contributed by atoms with van der Waals surface area (Å²) in [4.78, 5) is 10.6. The van der Waals surface area contributed by atoms with Gasteiger partial charge in [-0.2, -0.15) is 4.31 Å². The van der Waals surface area contributed by atoms with Crippen LogP contribution in [0.1, 0.15) is 30.3 Å². The van der Waals surface area contributed by atoms with Crippen LogP contribution in [0.15, 0.2) is 10.6 Å². The first-order valence-corrected chi connectivity index (χ1v) is 7.15. The number of nitrogens with zero attached hydrogens (tertiary/aromatic N) is 2. The number of carboxylic acid groups (broad SMARTS) is 1. The van der Waals surface area contributed by atoms with Gasteiger partial charge in [-0.15, -0.1) is 0 Å². The molecule has 1 aromatic heterocycles.